The van der Waals surface area contributed by atoms with Crippen molar-refractivity contribution in [3.8, 4) is 0 Å². The highest BCUT2D eigenvalue weighted by atomic mass is 35.5. The number of nitrogens with one attached hydrogen (secondary N) is 1. The molecule has 1 aliphatic heterocycles. The summed E-state index contributed by atoms with van der Waals surface area (Å²) in [5.74, 6) is -3.83. The number of nitrogens with zero attached hydrogens (tertiary/aromatic N) is 9. The number of carbonyl (C=O) groups excluding carboxylic acids is 5. The van der Waals surface area contributed by atoms with Gasteiger partial charge in [0.15, 0.2) is 0 Å². The number of hydrogen-bond acceptors (Lipinski definition) is 10. The van der Waals surface area contributed by atoms with Crippen molar-refractivity contribution in [3.05, 3.63) is 20.9 Å². The molecule has 5 atom stereocenters. The van der Waals surface area contributed by atoms with Gasteiger partial charge in [0.2, 0.25) is 24.7 Å². The molecule has 2 aliphatic rings. The Hall–Kier alpha value is -4.07. The Balaban J connectivity index is 2.76. The number of halogens is 1. The highest BCUT2D eigenvalue weighted by Crippen LogP contribution is 2.54. The Morgan fingerprint density at radius 2 is 1.61 bits per heavy atom. The van der Waals surface area contributed by atoms with Crippen LogP contribution in [0.2, 0.25) is 0 Å². The Labute approximate surface area is 240 Å². The van der Waals surface area contributed by atoms with E-state index in [1.165, 1.54) is 0 Å². The smallest absolute Gasteiger partial charge is 0.417 e. The quantitative estimate of drug-likeness (QED) is 0.144. The minimum Gasteiger partial charge on any atom is -0.444 e. The molecule has 1 fully saturated rings. The van der Waals surface area contributed by atoms with Gasteiger partial charge in [-0.1, -0.05) is 10.2 Å². The standard InChI is InChI=1S/C23H33ClN10O7/c1-21(2,3)40-19(38)30-18-27-10-23(34(18)20(39)41-22(4,5)6)15(7-16(37)33(11-35)12-36)13(8-28-31-25)14(17(23)24)9-29-32-26/h11-15,17H,7-10H2,1-6H3,(H,27,30,38)/t13-,14-,15+,17+,23+/m0/s1. The van der Waals surface area contributed by atoms with Crippen molar-refractivity contribution in [2.75, 3.05) is 19.6 Å². The number of azide groups is 2. The van der Waals surface area contributed by atoms with Crippen LogP contribution < -0.4 is 5.32 Å². The van der Waals surface area contributed by atoms with Gasteiger partial charge in [-0.15, -0.1) is 11.6 Å². The van der Waals surface area contributed by atoms with Gasteiger partial charge in [0.1, 0.15) is 11.2 Å². The second-order valence-corrected chi connectivity index (χ2v) is 11.9. The number of amides is 5. The van der Waals surface area contributed by atoms with Gasteiger partial charge in [-0.25, -0.2) is 24.4 Å². The van der Waals surface area contributed by atoms with Crippen LogP contribution in [-0.2, 0) is 23.9 Å². The molecule has 0 bridgehead atoms. The number of alkyl carbamates (subject to hydrolysis) is 1. The monoisotopic (exact) mass is 596 g/mol. The zero-order valence-corrected chi connectivity index (χ0v) is 24.3. The van der Waals surface area contributed by atoms with Gasteiger partial charge in [-0.2, -0.15) is 0 Å². The fourth-order valence-electron chi connectivity index (χ4n) is 5.07. The van der Waals surface area contributed by atoms with Crippen molar-refractivity contribution in [1.82, 2.24) is 15.1 Å². The first kappa shape index (κ1) is 33.1. The summed E-state index contributed by atoms with van der Waals surface area (Å²) in [6.07, 6.45) is -2.40. The second-order valence-electron chi connectivity index (χ2n) is 11.5. The topological polar surface area (TPSA) is 232 Å². The normalized spacial score (nSPS) is 25.3. The van der Waals surface area contributed by atoms with Crippen LogP contribution in [-0.4, -0.2) is 88.4 Å². The summed E-state index contributed by atoms with van der Waals surface area (Å²) in [7, 11) is 0. The Morgan fingerprint density at radius 1 is 1.07 bits per heavy atom. The lowest BCUT2D eigenvalue weighted by Crippen LogP contribution is -2.63. The van der Waals surface area contributed by atoms with E-state index in [0.29, 0.717) is 0 Å². The number of imide groups is 3. The van der Waals surface area contributed by atoms with Crippen LogP contribution >= 0.6 is 11.6 Å². The molecule has 41 heavy (non-hydrogen) atoms. The van der Waals surface area contributed by atoms with Crippen LogP contribution in [0.1, 0.15) is 48.0 Å². The van der Waals surface area contributed by atoms with E-state index < -0.39 is 64.4 Å². The van der Waals surface area contributed by atoms with Crippen LogP contribution in [0.25, 0.3) is 20.9 Å². The summed E-state index contributed by atoms with van der Waals surface area (Å²) < 4.78 is 10.9. The average Bonchev–Trinajstić information content (AvgIpc) is 3.31. The first-order chi connectivity index (χ1) is 19.1. The number of aliphatic imine (C=N–C) groups is 1. The fraction of sp³-hybridized carbons (Fsp3) is 0.739. The van der Waals surface area contributed by atoms with E-state index in [2.05, 4.69) is 30.4 Å². The van der Waals surface area contributed by atoms with Crippen molar-refractivity contribution in [1.29, 1.82) is 0 Å². The summed E-state index contributed by atoms with van der Waals surface area (Å²) in [4.78, 5) is 73.5. The molecule has 17 nitrogen and oxygen atoms in total. The fourth-order valence-corrected chi connectivity index (χ4v) is 5.66. The maximum absolute atomic E-state index is 13.8. The summed E-state index contributed by atoms with van der Waals surface area (Å²) in [5.41, 5.74) is 14.5. The van der Waals surface area contributed by atoms with Crippen molar-refractivity contribution < 1.29 is 33.4 Å². The molecular weight excluding hydrogens is 564 g/mol. The zero-order chi connectivity index (χ0) is 31.2. The molecule has 1 spiro atoms. The molecule has 0 unspecified atom stereocenters. The van der Waals surface area contributed by atoms with E-state index in [9.17, 15) is 24.0 Å². The molecule has 0 aromatic rings. The number of alkyl halides is 1. The third-order valence-corrected chi connectivity index (χ3v) is 7.18. The second kappa shape index (κ2) is 13.1. The van der Waals surface area contributed by atoms with Gasteiger partial charge in [0.05, 0.1) is 17.5 Å². The van der Waals surface area contributed by atoms with Gasteiger partial charge < -0.3 is 9.47 Å². The number of ether oxygens (including phenoxy) is 2. The van der Waals surface area contributed by atoms with Crippen molar-refractivity contribution in [2.24, 2.45) is 33.0 Å². The largest absolute Gasteiger partial charge is 0.444 e. The highest BCUT2D eigenvalue weighted by Gasteiger charge is 2.67. The number of rotatable bonds is 8. The van der Waals surface area contributed by atoms with E-state index in [1.807, 2.05) is 0 Å². The van der Waals surface area contributed by atoms with Crippen LogP contribution in [0.15, 0.2) is 15.2 Å². The predicted molar refractivity (Wildman–Crippen MR) is 144 cm³/mol. The molecule has 0 aromatic heterocycles. The summed E-state index contributed by atoms with van der Waals surface area (Å²) in [6.45, 7) is 9.00. The minimum absolute atomic E-state index is 0.0291. The molecule has 0 aromatic carbocycles. The number of hydrogen-bond donors (Lipinski definition) is 1. The molecule has 5 amide bonds. The third-order valence-electron chi connectivity index (χ3n) is 6.48. The molecule has 1 aliphatic carbocycles. The van der Waals surface area contributed by atoms with E-state index in [0.717, 1.165) is 4.90 Å². The van der Waals surface area contributed by atoms with Crippen molar-refractivity contribution in [2.45, 2.75) is 70.1 Å². The van der Waals surface area contributed by atoms with Gasteiger partial charge in [0.25, 0.3) is 0 Å². The average molecular weight is 597 g/mol. The lowest BCUT2D eigenvalue weighted by atomic mass is 9.79. The molecule has 1 saturated carbocycles. The molecule has 18 heteroatoms. The molecule has 2 rings (SSSR count). The number of guanidine groups is 1. The van der Waals surface area contributed by atoms with Crippen LogP contribution in [0.5, 0.6) is 0 Å². The maximum atomic E-state index is 13.8. The SMILES string of the molecule is CC(C)(C)OC(=O)NC1=NC[C@@]2([C@H](Cl)[C@@H](CN=[N+]=[N-])[C@H](CN=[N+]=[N-])[C@H]2CC(=O)N(C=O)C=O)N1C(=O)OC(C)(C)C. The van der Waals surface area contributed by atoms with Gasteiger partial charge in [0, 0.05) is 29.3 Å². The van der Waals surface area contributed by atoms with Crippen LogP contribution in [0.3, 0.4) is 0 Å². The first-order valence-corrected chi connectivity index (χ1v) is 12.9. The van der Waals surface area contributed by atoms with Gasteiger partial charge in [-0.3, -0.25) is 19.7 Å². The zero-order valence-electron chi connectivity index (χ0n) is 23.6. The van der Waals surface area contributed by atoms with Crippen LogP contribution in [0, 0.1) is 17.8 Å². The van der Waals surface area contributed by atoms with E-state index >= 15 is 0 Å². The molecule has 1 N–H and O–H groups in total. The predicted octanol–water partition coefficient (Wildman–Crippen LogP) is 3.48. The van der Waals surface area contributed by atoms with Crippen LogP contribution in [0.4, 0.5) is 9.59 Å². The van der Waals surface area contributed by atoms with E-state index in [4.69, 9.17) is 32.1 Å². The Bertz CT molecular complexity index is 1180. The van der Waals surface area contributed by atoms with E-state index in [1.54, 1.807) is 41.5 Å². The van der Waals surface area contributed by atoms with Crippen molar-refractivity contribution >= 4 is 48.5 Å². The Morgan fingerprint density at radius 3 is 2.10 bits per heavy atom. The molecular formula is C23H33ClN10O7. The summed E-state index contributed by atoms with van der Waals surface area (Å²) in [5, 5.41) is 8.60. The Kier molecular flexibility index (Phi) is 10.6. The minimum atomic E-state index is -1.63. The molecule has 0 radical (unpaired) electrons. The van der Waals surface area contributed by atoms with Gasteiger partial charge in [-0.05, 0) is 70.4 Å². The summed E-state index contributed by atoms with van der Waals surface area (Å²) >= 11 is 7.05. The molecule has 1 heterocycles. The first-order valence-electron chi connectivity index (χ1n) is 12.5. The molecule has 224 valence electrons. The van der Waals surface area contributed by atoms with Gasteiger partial charge >= 0.3 is 12.2 Å². The highest BCUT2D eigenvalue weighted by molar-refractivity contribution is 6.23. The lowest BCUT2D eigenvalue weighted by Gasteiger charge is -2.43. The summed E-state index contributed by atoms with van der Waals surface area (Å²) in [6, 6.07) is 0. The maximum Gasteiger partial charge on any atom is 0.417 e. The number of carbonyl (C=O) groups is 5. The van der Waals surface area contributed by atoms with Crippen molar-refractivity contribution in [3.63, 3.8) is 0 Å². The third kappa shape index (κ3) is 7.57. The lowest BCUT2D eigenvalue weighted by molar-refractivity contribution is -0.144. The molecule has 0 saturated heterocycles. The van der Waals surface area contributed by atoms with E-state index in [-0.39, 0.29) is 43.3 Å².